The summed E-state index contributed by atoms with van der Waals surface area (Å²) in [7, 11) is 7.04. The number of nitrogens with zero attached hydrogens (tertiary/aromatic N) is 1. The van der Waals surface area contributed by atoms with Crippen LogP contribution in [0.4, 0.5) is 0 Å². The van der Waals surface area contributed by atoms with E-state index < -0.39 is 65.7 Å². The first kappa shape index (κ1) is 48.7. The zero-order valence-corrected chi connectivity index (χ0v) is 34.0. The predicted molar refractivity (Wildman–Crippen MR) is 188 cm³/mol. The summed E-state index contributed by atoms with van der Waals surface area (Å²) in [6, 6.07) is -0.177. The fraction of sp³-hybridized carbons (Fsp3) is 0.914. The van der Waals surface area contributed by atoms with Crippen LogP contribution in [0.15, 0.2) is 12.2 Å². The standard InChI is InChI=1S/C25H45NO9S.C8H16O2.C2H6.V/c1-14-8-10-25(4,32-7)18(35-23-19(28)16(26(5)6)9-11-33-23)12-17(27)20(36)22(30)34-13-24(3,31)21(29)15(14)2;1-7-6-8(2,9-3)4-5-10-7;1-2;/h15-21,23,27-29,31,36H,1,8-13H2,2-7H3;7H,4-6H2,1-3H3;1-2H3;/t15-,16-,17-,18+,19+,20+,21+,23-,24+,25+;7-,8+;;/m00../s1. The van der Waals surface area contributed by atoms with E-state index in [0.717, 1.165) is 19.4 Å². The molecule has 14 heteroatoms. The zero-order valence-electron chi connectivity index (χ0n) is 31.8. The molecule has 12 nitrogen and oxygen atoms in total. The maximum Gasteiger partial charge on any atom is 0.321 e. The molecule has 1 radical (unpaired) electrons. The van der Waals surface area contributed by atoms with Crippen LogP contribution in [0.2, 0.25) is 0 Å². The minimum Gasteiger partial charge on any atom is -0.462 e. The molecule has 0 aromatic carbocycles. The Morgan fingerprint density at radius 3 is 2.12 bits per heavy atom. The van der Waals surface area contributed by atoms with E-state index in [1.807, 2.05) is 39.8 Å². The molecule has 0 saturated carbocycles. The molecule has 4 N–H and O–H groups in total. The Hall–Kier alpha value is -0.256. The third-order valence-electron chi connectivity index (χ3n) is 9.99. The number of ether oxygens (including phenoxy) is 6. The summed E-state index contributed by atoms with van der Waals surface area (Å²) in [5, 5.41) is 42.1. The fourth-order valence-electron chi connectivity index (χ4n) is 6.17. The molecule has 3 saturated heterocycles. The zero-order chi connectivity index (χ0) is 37.0. The predicted octanol–water partition coefficient (Wildman–Crippen LogP) is 3.12. The van der Waals surface area contributed by atoms with E-state index in [9.17, 15) is 25.2 Å². The number of carbonyl (C=O) groups is 1. The largest absolute Gasteiger partial charge is 0.462 e. The molecule has 0 bridgehead atoms. The molecule has 0 spiro atoms. The van der Waals surface area contributed by atoms with Gasteiger partial charge in [0, 0.05) is 64.2 Å². The maximum atomic E-state index is 12.6. The number of likely N-dealkylation sites (N-methyl/N-ethyl adjacent to an activating group) is 1. The number of cyclic esters (lactones) is 1. The number of aliphatic hydroxyl groups excluding tert-OH is 3. The SMILES string of the molecule is C=C1CC[C@@](C)(OC)[C@H](O[C@@H]2OCC[C@H](N(C)C)[C@H]2O)C[C@H](O)[C@@H](S)C(=O)OC[C@@](C)(O)[C@H](O)[C@H]1C.CC.CO[C@]1(C)CCO[C@@H](C)C1.[V]. The van der Waals surface area contributed by atoms with E-state index in [4.69, 9.17) is 28.4 Å². The van der Waals surface area contributed by atoms with Crippen molar-refractivity contribution in [3.63, 3.8) is 0 Å². The number of esters is 1. The van der Waals surface area contributed by atoms with Gasteiger partial charge in [0.05, 0.1) is 42.2 Å². The number of hydrogen-bond acceptors (Lipinski definition) is 13. The van der Waals surface area contributed by atoms with Crippen LogP contribution in [0.3, 0.4) is 0 Å². The number of rotatable bonds is 5. The summed E-state index contributed by atoms with van der Waals surface area (Å²) in [5.74, 6) is -1.36. The number of hydrogen-bond donors (Lipinski definition) is 5. The van der Waals surface area contributed by atoms with Gasteiger partial charge in [-0.25, -0.2) is 0 Å². The van der Waals surface area contributed by atoms with Gasteiger partial charge in [-0.2, -0.15) is 12.6 Å². The monoisotopic (exact) mass is 760 g/mol. The van der Waals surface area contributed by atoms with Gasteiger partial charge >= 0.3 is 5.97 Å². The Kier molecular flexibility index (Phi) is 22.0. The van der Waals surface area contributed by atoms with Crippen molar-refractivity contribution in [1.82, 2.24) is 4.90 Å². The topological polar surface area (TPSA) is 157 Å². The summed E-state index contributed by atoms with van der Waals surface area (Å²) >= 11 is 4.26. The van der Waals surface area contributed by atoms with E-state index in [2.05, 4.69) is 33.1 Å². The van der Waals surface area contributed by atoms with Crippen molar-refractivity contribution in [1.29, 1.82) is 0 Å². The van der Waals surface area contributed by atoms with Crippen molar-refractivity contribution in [2.75, 3.05) is 48.1 Å². The second kappa shape index (κ2) is 22.1. The van der Waals surface area contributed by atoms with Gasteiger partial charge < -0.3 is 53.7 Å². The van der Waals surface area contributed by atoms with E-state index >= 15 is 0 Å². The van der Waals surface area contributed by atoms with Crippen molar-refractivity contribution in [3.8, 4) is 0 Å². The number of aliphatic hydroxyl groups is 4. The average Bonchev–Trinajstić information content (AvgIpc) is 3.05. The van der Waals surface area contributed by atoms with Crippen LogP contribution in [-0.4, -0.2) is 144 Å². The van der Waals surface area contributed by atoms with Gasteiger partial charge in [0.15, 0.2) is 6.29 Å². The van der Waals surface area contributed by atoms with Gasteiger partial charge in [-0.15, -0.1) is 0 Å². The molecule has 3 fully saturated rings. The second-order valence-corrected chi connectivity index (χ2v) is 14.6. The third kappa shape index (κ3) is 14.2. The van der Waals surface area contributed by atoms with Gasteiger partial charge in [-0.3, -0.25) is 4.79 Å². The molecule has 3 aliphatic heterocycles. The molecular formula is C35H67NO11SV. The van der Waals surface area contributed by atoms with Crippen molar-refractivity contribution in [2.24, 2.45) is 5.92 Å². The Labute approximate surface area is 312 Å². The van der Waals surface area contributed by atoms with E-state index in [1.54, 1.807) is 14.0 Å². The fourth-order valence-corrected chi connectivity index (χ4v) is 6.36. The van der Waals surface area contributed by atoms with Crippen molar-refractivity contribution in [2.45, 2.75) is 152 Å². The molecule has 0 aromatic heterocycles. The number of carbonyl (C=O) groups excluding carboxylic acids is 1. The summed E-state index contributed by atoms with van der Waals surface area (Å²) in [6.45, 7) is 18.0. The molecule has 0 aliphatic carbocycles. The Morgan fingerprint density at radius 2 is 1.61 bits per heavy atom. The smallest absolute Gasteiger partial charge is 0.321 e. The first-order chi connectivity index (χ1) is 22.3. The first-order valence-electron chi connectivity index (χ1n) is 17.2. The Balaban J connectivity index is 0.00000150. The second-order valence-electron chi connectivity index (χ2n) is 14.1. The molecule has 0 amide bonds. The minimum absolute atomic E-state index is 0. The summed E-state index contributed by atoms with van der Waals surface area (Å²) in [4.78, 5) is 14.5. The van der Waals surface area contributed by atoms with Crippen molar-refractivity contribution < 1.29 is 72.2 Å². The van der Waals surface area contributed by atoms with E-state index in [0.29, 0.717) is 37.5 Å². The van der Waals surface area contributed by atoms with Crippen LogP contribution in [0.5, 0.6) is 0 Å². The number of methoxy groups -OCH3 is 2. The summed E-state index contributed by atoms with van der Waals surface area (Å²) < 4.78 is 33.9. The van der Waals surface area contributed by atoms with Crippen LogP contribution < -0.4 is 0 Å². The van der Waals surface area contributed by atoms with Gasteiger partial charge in [0.2, 0.25) is 0 Å². The van der Waals surface area contributed by atoms with Crippen LogP contribution in [-0.2, 0) is 51.8 Å². The minimum atomic E-state index is -1.73. The van der Waals surface area contributed by atoms with Crippen LogP contribution in [0.1, 0.15) is 87.0 Å². The molecule has 289 valence electrons. The molecule has 3 heterocycles. The summed E-state index contributed by atoms with van der Waals surface area (Å²) in [6.07, 6.45) is -1.48. The Morgan fingerprint density at radius 1 is 1.00 bits per heavy atom. The van der Waals surface area contributed by atoms with Crippen LogP contribution in [0, 0.1) is 5.92 Å². The quantitative estimate of drug-likeness (QED) is 0.159. The Bertz CT molecular complexity index is 978. The molecule has 0 unspecified atom stereocenters. The summed E-state index contributed by atoms with van der Waals surface area (Å²) in [5.41, 5.74) is -1.99. The normalized spacial score (nSPS) is 41.1. The molecular weight excluding hydrogens is 693 g/mol. The molecule has 49 heavy (non-hydrogen) atoms. The number of thiol groups is 1. The molecule has 3 rings (SSSR count). The van der Waals surface area contributed by atoms with Crippen LogP contribution >= 0.6 is 12.6 Å². The van der Waals surface area contributed by atoms with Crippen molar-refractivity contribution >= 4 is 18.6 Å². The molecule has 12 atom stereocenters. The average molecular weight is 761 g/mol. The van der Waals surface area contributed by atoms with Gasteiger partial charge in [0.1, 0.15) is 23.6 Å². The van der Waals surface area contributed by atoms with Crippen molar-refractivity contribution in [3.05, 3.63) is 12.2 Å². The first-order valence-corrected chi connectivity index (χ1v) is 17.8. The van der Waals surface area contributed by atoms with E-state index in [-0.39, 0.29) is 36.6 Å². The molecule has 3 aliphatic rings. The van der Waals surface area contributed by atoms with Gasteiger partial charge in [0.25, 0.3) is 0 Å². The van der Waals surface area contributed by atoms with Crippen LogP contribution in [0.25, 0.3) is 0 Å². The van der Waals surface area contributed by atoms with Gasteiger partial charge in [-0.05, 0) is 67.5 Å². The maximum absolute atomic E-state index is 12.6. The molecule has 0 aromatic rings. The van der Waals surface area contributed by atoms with Gasteiger partial charge in [-0.1, -0.05) is 32.9 Å². The third-order valence-corrected chi connectivity index (χ3v) is 10.5. The van der Waals surface area contributed by atoms with E-state index in [1.165, 1.54) is 14.0 Å².